The summed E-state index contributed by atoms with van der Waals surface area (Å²) in [5, 5.41) is 2.95. The molecule has 0 bridgehead atoms. The van der Waals surface area contributed by atoms with Crippen molar-refractivity contribution < 1.29 is 14.3 Å². The van der Waals surface area contributed by atoms with Gasteiger partial charge in [-0.15, -0.1) is 0 Å². The summed E-state index contributed by atoms with van der Waals surface area (Å²) in [6, 6.07) is 7.78. The summed E-state index contributed by atoms with van der Waals surface area (Å²) in [4.78, 5) is 14.2. The molecule has 0 unspecified atom stereocenters. The maximum Gasteiger partial charge on any atom is 0.238 e. The molecule has 5 heteroatoms. The summed E-state index contributed by atoms with van der Waals surface area (Å²) in [7, 11) is 3.35. The lowest BCUT2D eigenvalue weighted by atomic mass is 10.2. The first-order valence-corrected chi connectivity index (χ1v) is 7.23. The van der Waals surface area contributed by atoms with Gasteiger partial charge in [-0.1, -0.05) is 18.2 Å². The number of nitrogens with one attached hydrogen (secondary N) is 1. The predicted molar refractivity (Wildman–Crippen MR) is 84.6 cm³/mol. The largest absolute Gasteiger partial charge is 0.385 e. The van der Waals surface area contributed by atoms with Crippen molar-refractivity contribution in [1.29, 1.82) is 0 Å². The van der Waals surface area contributed by atoms with Crippen LogP contribution in [0.2, 0.25) is 0 Å². The Labute approximate surface area is 127 Å². The van der Waals surface area contributed by atoms with E-state index in [4.69, 9.17) is 9.47 Å². The third kappa shape index (κ3) is 7.22. The molecule has 0 heterocycles. The Hall–Kier alpha value is -1.43. The van der Waals surface area contributed by atoms with Gasteiger partial charge in [-0.25, -0.2) is 0 Å². The highest BCUT2D eigenvalue weighted by molar-refractivity contribution is 5.92. The predicted octanol–water partition coefficient (Wildman–Crippen LogP) is 1.92. The number of methoxy groups -OCH3 is 2. The molecule has 1 amide bonds. The number of hydrogen-bond donors (Lipinski definition) is 1. The van der Waals surface area contributed by atoms with Gasteiger partial charge in [0.1, 0.15) is 0 Å². The van der Waals surface area contributed by atoms with Crippen molar-refractivity contribution in [2.75, 3.05) is 52.4 Å². The van der Waals surface area contributed by atoms with Gasteiger partial charge in [0, 0.05) is 39.6 Å². The van der Waals surface area contributed by atoms with E-state index in [0.29, 0.717) is 19.8 Å². The van der Waals surface area contributed by atoms with Crippen LogP contribution in [0.15, 0.2) is 24.3 Å². The average Bonchev–Trinajstić information content (AvgIpc) is 2.47. The van der Waals surface area contributed by atoms with Crippen molar-refractivity contribution in [3.05, 3.63) is 29.8 Å². The number of ether oxygens (including phenoxy) is 2. The molecule has 0 atom stereocenters. The first-order chi connectivity index (χ1) is 10.2. The number of aryl methyl sites for hydroxylation is 1. The minimum absolute atomic E-state index is 0.00202. The number of carbonyl (C=O) groups excluding carboxylic acids is 1. The molecule has 1 aromatic rings. The number of amides is 1. The van der Waals surface area contributed by atoms with Gasteiger partial charge in [0.15, 0.2) is 0 Å². The Morgan fingerprint density at radius 2 is 1.86 bits per heavy atom. The second-order valence-electron chi connectivity index (χ2n) is 4.98. The Morgan fingerprint density at radius 1 is 1.14 bits per heavy atom. The Bertz CT molecular complexity index is 424. The number of carbonyl (C=O) groups is 1. The molecule has 0 aliphatic rings. The Balaban J connectivity index is 2.48. The molecule has 1 N–H and O–H groups in total. The van der Waals surface area contributed by atoms with Crippen LogP contribution in [0.3, 0.4) is 0 Å². The second kappa shape index (κ2) is 10.3. The van der Waals surface area contributed by atoms with Crippen molar-refractivity contribution >= 4 is 11.6 Å². The first kappa shape index (κ1) is 17.6. The highest BCUT2D eigenvalue weighted by Gasteiger charge is 2.11. The van der Waals surface area contributed by atoms with E-state index >= 15 is 0 Å². The van der Waals surface area contributed by atoms with Crippen LogP contribution in [0.1, 0.15) is 12.0 Å². The van der Waals surface area contributed by atoms with Gasteiger partial charge in [-0.2, -0.15) is 0 Å². The molecule has 0 saturated carbocycles. The normalized spacial score (nSPS) is 10.9. The molecule has 0 saturated heterocycles. The lowest BCUT2D eigenvalue weighted by molar-refractivity contribution is -0.117. The topological polar surface area (TPSA) is 50.8 Å². The van der Waals surface area contributed by atoms with Crippen molar-refractivity contribution in [3.63, 3.8) is 0 Å². The smallest absolute Gasteiger partial charge is 0.238 e. The van der Waals surface area contributed by atoms with Crippen LogP contribution in [0, 0.1) is 6.92 Å². The third-order valence-electron chi connectivity index (χ3n) is 3.22. The molecule has 0 aliphatic carbocycles. The van der Waals surface area contributed by atoms with Crippen molar-refractivity contribution in [1.82, 2.24) is 4.90 Å². The molecule has 1 rings (SSSR count). The van der Waals surface area contributed by atoms with Gasteiger partial charge in [0.25, 0.3) is 0 Å². The van der Waals surface area contributed by atoms with Crippen LogP contribution >= 0.6 is 0 Å². The fourth-order valence-corrected chi connectivity index (χ4v) is 2.03. The van der Waals surface area contributed by atoms with E-state index in [1.165, 1.54) is 0 Å². The van der Waals surface area contributed by atoms with E-state index in [9.17, 15) is 4.79 Å². The first-order valence-electron chi connectivity index (χ1n) is 7.23. The van der Waals surface area contributed by atoms with Crippen molar-refractivity contribution in [3.8, 4) is 0 Å². The fourth-order valence-electron chi connectivity index (χ4n) is 2.03. The summed E-state index contributed by atoms with van der Waals surface area (Å²) in [5.41, 5.74) is 1.93. The van der Waals surface area contributed by atoms with Crippen molar-refractivity contribution in [2.24, 2.45) is 0 Å². The van der Waals surface area contributed by atoms with Gasteiger partial charge in [0.2, 0.25) is 5.91 Å². The monoisotopic (exact) mass is 294 g/mol. The molecule has 0 spiro atoms. The number of rotatable bonds is 10. The van der Waals surface area contributed by atoms with Crippen LogP contribution in [0.25, 0.3) is 0 Å². The van der Waals surface area contributed by atoms with Gasteiger partial charge in [-0.05, 0) is 25.0 Å². The van der Waals surface area contributed by atoms with Crippen LogP contribution in [-0.4, -0.2) is 57.9 Å². The van der Waals surface area contributed by atoms with E-state index in [1.807, 2.05) is 31.2 Å². The summed E-state index contributed by atoms with van der Waals surface area (Å²) in [5.74, 6) is -0.00202. The van der Waals surface area contributed by atoms with Crippen LogP contribution in [-0.2, 0) is 14.3 Å². The summed E-state index contributed by atoms with van der Waals surface area (Å²) < 4.78 is 10.1. The minimum Gasteiger partial charge on any atom is -0.385 e. The van der Waals surface area contributed by atoms with Gasteiger partial charge in [-0.3, -0.25) is 9.69 Å². The lowest BCUT2D eigenvalue weighted by Gasteiger charge is -2.21. The molecule has 118 valence electrons. The number of nitrogens with zero attached hydrogens (tertiary/aromatic N) is 1. The molecular formula is C16H26N2O3. The van der Waals surface area contributed by atoms with Crippen LogP contribution < -0.4 is 5.32 Å². The van der Waals surface area contributed by atoms with E-state index in [1.54, 1.807) is 14.2 Å². The van der Waals surface area contributed by atoms with E-state index < -0.39 is 0 Å². The highest BCUT2D eigenvalue weighted by atomic mass is 16.5. The molecule has 0 aromatic heterocycles. The second-order valence-corrected chi connectivity index (χ2v) is 4.98. The van der Waals surface area contributed by atoms with Gasteiger partial charge >= 0.3 is 0 Å². The quantitative estimate of drug-likeness (QED) is 0.670. The summed E-state index contributed by atoms with van der Waals surface area (Å²) >= 11 is 0. The molecule has 21 heavy (non-hydrogen) atoms. The molecule has 1 aromatic carbocycles. The Kier molecular flexibility index (Phi) is 8.66. The summed E-state index contributed by atoms with van der Waals surface area (Å²) in [6.45, 7) is 5.21. The van der Waals surface area contributed by atoms with E-state index in [0.717, 1.165) is 30.8 Å². The zero-order valence-electron chi connectivity index (χ0n) is 13.2. The van der Waals surface area contributed by atoms with E-state index in [-0.39, 0.29) is 5.91 Å². The maximum atomic E-state index is 12.1. The minimum atomic E-state index is -0.00202. The number of anilines is 1. The summed E-state index contributed by atoms with van der Waals surface area (Å²) in [6.07, 6.45) is 0.901. The molecular weight excluding hydrogens is 268 g/mol. The third-order valence-corrected chi connectivity index (χ3v) is 3.22. The Morgan fingerprint density at radius 3 is 2.52 bits per heavy atom. The standard InChI is InChI=1S/C16H26N2O3/c1-14-7-4-5-8-15(14)17-16(19)13-18(10-12-21-3)9-6-11-20-2/h4-5,7-8H,6,9-13H2,1-3H3,(H,17,19). The SMILES string of the molecule is COCCCN(CCOC)CC(=O)Nc1ccccc1C. The van der Waals surface area contributed by atoms with Gasteiger partial charge in [0.05, 0.1) is 13.2 Å². The molecule has 5 nitrogen and oxygen atoms in total. The number of hydrogen-bond acceptors (Lipinski definition) is 4. The molecule has 0 aliphatic heterocycles. The van der Waals surface area contributed by atoms with Crippen molar-refractivity contribution in [2.45, 2.75) is 13.3 Å². The fraction of sp³-hybridized carbons (Fsp3) is 0.562. The zero-order valence-corrected chi connectivity index (χ0v) is 13.2. The highest BCUT2D eigenvalue weighted by Crippen LogP contribution is 2.12. The van der Waals surface area contributed by atoms with Crippen LogP contribution in [0.5, 0.6) is 0 Å². The molecule has 0 fully saturated rings. The van der Waals surface area contributed by atoms with Crippen LogP contribution in [0.4, 0.5) is 5.69 Å². The van der Waals surface area contributed by atoms with Gasteiger partial charge < -0.3 is 14.8 Å². The lowest BCUT2D eigenvalue weighted by Crippen LogP contribution is -2.36. The number of para-hydroxylation sites is 1. The van der Waals surface area contributed by atoms with E-state index in [2.05, 4.69) is 10.2 Å². The molecule has 0 radical (unpaired) electrons. The average molecular weight is 294 g/mol. The zero-order chi connectivity index (χ0) is 15.5. The maximum absolute atomic E-state index is 12.1. The number of benzene rings is 1.